The van der Waals surface area contributed by atoms with E-state index in [1.807, 2.05) is 0 Å². The minimum Gasteiger partial charge on any atom is -0.444 e. The number of carbonyl (C=O) groups excluding carboxylic acids is 2. The van der Waals surface area contributed by atoms with Crippen molar-refractivity contribution in [2.75, 3.05) is 23.8 Å². The zero-order chi connectivity index (χ0) is 31.5. The fourth-order valence-electron chi connectivity index (χ4n) is 4.90. The molecule has 0 atom stereocenters. The number of aliphatic hydroxyl groups is 1. The molecule has 0 spiro atoms. The van der Waals surface area contributed by atoms with Gasteiger partial charge in [0.15, 0.2) is 18.0 Å². The molecule has 1 fully saturated rings. The van der Waals surface area contributed by atoms with Gasteiger partial charge < -0.3 is 19.6 Å². The summed E-state index contributed by atoms with van der Waals surface area (Å²) in [7, 11) is 0. The van der Waals surface area contributed by atoms with Gasteiger partial charge in [0.05, 0.1) is 11.7 Å². The number of anilines is 2. The van der Waals surface area contributed by atoms with E-state index in [2.05, 4.69) is 30.4 Å². The standard InChI is InChI=1S/C27H31F5N6O5/c1-26(2,3)19-16(8-9-33-22(19)36-25(41)43-13-27(30,31)32)24-35-18(12-42-24)23(40)34-17-10-38(37-20(17)21(28)29)15-6-4-14(11-39)5-7-15/h8-10,12,14-15,21,39H,4-7,11,13H2,1-3H3,(H,34,40)(H,33,36,41). The number of hydrogen-bond acceptors (Lipinski definition) is 8. The van der Waals surface area contributed by atoms with Gasteiger partial charge in [-0.15, -0.1) is 0 Å². The molecule has 234 valence electrons. The van der Waals surface area contributed by atoms with Gasteiger partial charge >= 0.3 is 12.3 Å². The van der Waals surface area contributed by atoms with Crippen molar-refractivity contribution < 1.29 is 45.8 Å². The number of rotatable bonds is 8. The summed E-state index contributed by atoms with van der Waals surface area (Å²) in [5.74, 6) is -0.880. The first-order valence-corrected chi connectivity index (χ1v) is 13.4. The lowest BCUT2D eigenvalue weighted by atomic mass is 9.84. The average Bonchev–Trinajstić information content (AvgIpc) is 3.59. The molecule has 0 bridgehead atoms. The number of nitrogens with one attached hydrogen (secondary N) is 2. The van der Waals surface area contributed by atoms with E-state index in [4.69, 9.17) is 4.42 Å². The van der Waals surface area contributed by atoms with E-state index in [9.17, 15) is 36.6 Å². The molecule has 0 saturated heterocycles. The second-order valence-electron chi connectivity index (χ2n) is 11.2. The van der Waals surface area contributed by atoms with Crippen molar-refractivity contribution in [3.63, 3.8) is 0 Å². The Bertz CT molecular complexity index is 1440. The Balaban J connectivity index is 1.55. The van der Waals surface area contributed by atoms with E-state index in [0.29, 0.717) is 18.4 Å². The van der Waals surface area contributed by atoms with Crippen LogP contribution < -0.4 is 10.6 Å². The van der Waals surface area contributed by atoms with Crippen molar-refractivity contribution in [1.29, 1.82) is 0 Å². The van der Waals surface area contributed by atoms with Gasteiger partial charge in [-0.1, -0.05) is 20.8 Å². The third kappa shape index (κ3) is 7.86. The lowest BCUT2D eigenvalue weighted by Crippen LogP contribution is -2.25. The summed E-state index contributed by atoms with van der Waals surface area (Å²) in [5, 5.41) is 18.0. The molecular weight excluding hydrogens is 583 g/mol. The highest BCUT2D eigenvalue weighted by Gasteiger charge is 2.32. The second kappa shape index (κ2) is 12.7. The zero-order valence-corrected chi connectivity index (χ0v) is 23.5. The van der Waals surface area contributed by atoms with Crippen LogP contribution in [-0.2, 0) is 10.2 Å². The third-order valence-corrected chi connectivity index (χ3v) is 6.92. The van der Waals surface area contributed by atoms with Gasteiger partial charge in [-0.25, -0.2) is 23.5 Å². The summed E-state index contributed by atoms with van der Waals surface area (Å²) in [6, 6.07) is 1.32. The predicted molar refractivity (Wildman–Crippen MR) is 143 cm³/mol. The van der Waals surface area contributed by atoms with Gasteiger partial charge in [0.25, 0.3) is 12.3 Å². The molecule has 0 aliphatic heterocycles. The lowest BCUT2D eigenvalue weighted by molar-refractivity contribution is -0.159. The summed E-state index contributed by atoms with van der Waals surface area (Å²) in [6.45, 7) is 3.51. The molecule has 16 heteroatoms. The maximum absolute atomic E-state index is 13.8. The second-order valence-corrected chi connectivity index (χ2v) is 11.2. The topological polar surface area (TPSA) is 144 Å². The molecule has 0 unspecified atom stereocenters. The number of aliphatic hydroxyl groups excluding tert-OH is 1. The number of oxazole rings is 1. The van der Waals surface area contributed by atoms with Gasteiger partial charge in [-0.05, 0) is 43.1 Å². The molecule has 11 nitrogen and oxygen atoms in total. The van der Waals surface area contributed by atoms with E-state index in [-0.39, 0.29) is 47.2 Å². The van der Waals surface area contributed by atoms with Crippen LogP contribution in [0.1, 0.15) is 80.7 Å². The number of carbonyl (C=O) groups is 2. The van der Waals surface area contributed by atoms with E-state index >= 15 is 0 Å². The smallest absolute Gasteiger partial charge is 0.422 e. The van der Waals surface area contributed by atoms with Gasteiger partial charge in [-0.2, -0.15) is 18.3 Å². The number of ether oxygens (including phenoxy) is 1. The Morgan fingerprint density at radius 2 is 1.86 bits per heavy atom. The molecule has 3 heterocycles. The molecule has 0 radical (unpaired) electrons. The Kier molecular flexibility index (Phi) is 9.37. The fourth-order valence-corrected chi connectivity index (χ4v) is 4.90. The van der Waals surface area contributed by atoms with Crippen molar-refractivity contribution >= 4 is 23.5 Å². The number of nitrogens with zero attached hydrogens (tertiary/aromatic N) is 4. The largest absolute Gasteiger partial charge is 0.444 e. The van der Waals surface area contributed by atoms with E-state index in [0.717, 1.165) is 19.1 Å². The minimum absolute atomic E-state index is 0.0676. The summed E-state index contributed by atoms with van der Waals surface area (Å²) in [5.41, 5.74) is -1.19. The van der Waals surface area contributed by atoms with Crippen molar-refractivity contribution in [2.45, 2.75) is 70.5 Å². The first-order valence-electron chi connectivity index (χ1n) is 13.4. The number of hydrogen-bond donors (Lipinski definition) is 3. The maximum atomic E-state index is 13.8. The number of amides is 2. The third-order valence-electron chi connectivity index (χ3n) is 6.92. The lowest BCUT2D eigenvalue weighted by Gasteiger charge is -2.27. The van der Waals surface area contributed by atoms with Crippen molar-refractivity contribution in [2.24, 2.45) is 5.92 Å². The summed E-state index contributed by atoms with van der Waals surface area (Å²) < 4.78 is 76.1. The Morgan fingerprint density at radius 3 is 2.47 bits per heavy atom. The van der Waals surface area contributed by atoms with E-state index in [1.165, 1.54) is 23.1 Å². The summed E-state index contributed by atoms with van der Waals surface area (Å²) in [4.78, 5) is 33.3. The number of pyridine rings is 1. The van der Waals surface area contributed by atoms with Crippen LogP contribution in [0.25, 0.3) is 11.5 Å². The first kappa shape index (κ1) is 31.8. The molecule has 1 saturated carbocycles. The first-order chi connectivity index (χ1) is 20.2. The normalized spacial score (nSPS) is 17.6. The molecule has 0 aromatic carbocycles. The van der Waals surface area contributed by atoms with Crippen LogP contribution in [0.2, 0.25) is 0 Å². The summed E-state index contributed by atoms with van der Waals surface area (Å²) in [6.07, 6.45) is -2.68. The van der Waals surface area contributed by atoms with Crippen molar-refractivity contribution in [3.8, 4) is 11.5 Å². The van der Waals surface area contributed by atoms with Crippen molar-refractivity contribution in [1.82, 2.24) is 19.7 Å². The SMILES string of the molecule is CC(C)(C)c1c(-c2nc(C(=O)Nc3cn(C4CCC(CO)CC4)nc3C(F)F)co2)ccnc1NC(=O)OCC(F)(F)F. The highest BCUT2D eigenvalue weighted by Crippen LogP contribution is 2.38. The van der Waals surface area contributed by atoms with E-state index in [1.54, 1.807) is 20.8 Å². The van der Waals surface area contributed by atoms with Gasteiger partial charge in [0, 0.05) is 30.1 Å². The molecule has 3 N–H and O–H groups in total. The monoisotopic (exact) mass is 614 g/mol. The predicted octanol–water partition coefficient (Wildman–Crippen LogP) is 6.25. The van der Waals surface area contributed by atoms with Crippen LogP contribution >= 0.6 is 0 Å². The quantitative estimate of drug-likeness (QED) is 0.253. The molecule has 4 rings (SSSR count). The molecule has 3 aromatic heterocycles. The van der Waals surface area contributed by atoms with Gasteiger partial charge in [-0.3, -0.25) is 14.8 Å². The molecular formula is C27H31F5N6O5. The van der Waals surface area contributed by atoms with Crippen LogP contribution in [0.4, 0.5) is 38.3 Å². The average molecular weight is 615 g/mol. The number of halogens is 5. The van der Waals surface area contributed by atoms with Crippen LogP contribution in [-0.4, -0.2) is 56.2 Å². The highest BCUT2D eigenvalue weighted by atomic mass is 19.4. The van der Waals surface area contributed by atoms with Crippen molar-refractivity contribution in [3.05, 3.63) is 41.7 Å². The molecule has 1 aliphatic rings. The zero-order valence-electron chi connectivity index (χ0n) is 23.5. The molecule has 43 heavy (non-hydrogen) atoms. The fraction of sp³-hybridized carbons (Fsp3) is 0.519. The summed E-state index contributed by atoms with van der Waals surface area (Å²) >= 11 is 0. The molecule has 1 aliphatic carbocycles. The molecule has 3 aromatic rings. The number of alkyl halides is 5. The molecule has 2 amide bonds. The van der Waals surface area contributed by atoms with Crippen LogP contribution in [0.5, 0.6) is 0 Å². The minimum atomic E-state index is -4.72. The van der Waals surface area contributed by atoms with E-state index < -0.39 is 42.3 Å². The van der Waals surface area contributed by atoms with Gasteiger partial charge in [0.2, 0.25) is 5.89 Å². The highest BCUT2D eigenvalue weighted by molar-refractivity contribution is 6.03. The number of aromatic nitrogens is 4. The van der Waals surface area contributed by atoms with Crippen LogP contribution in [0.3, 0.4) is 0 Å². The van der Waals surface area contributed by atoms with Crippen LogP contribution in [0, 0.1) is 5.92 Å². The maximum Gasteiger partial charge on any atom is 0.422 e. The Labute approximate surface area is 242 Å². The Hall–Kier alpha value is -4.08. The van der Waals surface area contributed by atoms with Gasteiger partial charge in [0.1, 0.15) is 12.1 Å². The van der Waals surface area contributed by atoms with Crippen LogP contribution in [0.15, 0.2) is 29.1 Å². The Morgan fingerprint density at radius 1 is 1.16 bits per heavy atom.